The largest absolute Gasteiger partial charge is 0.493 e. The molecule has 7 heteroatoms. The lowest BCUT2D eigenvalue weighted by atomic mass is 10.1. The Hall–Kier alpha value is -2.15. The van der Waals surface area contributed by atoms with Crippen molar-refractivity contribution in [3.8, 4) is 11.5 Å². The third-order valence-corrected chi connectivity index (χ3v) is 4.23. The van der Waals surface area contributed by atoms with E-state index in [2.05, 4.69) is 15.0 Å². The molecule has 5 nitrogen and oxygen atoms in total. The zero-order chi connectivity index (χ0) is 18.8. The highest BCUT2D eigenvalue weighted by Gasteiger charge is 2.11. The van der Waals surface area contributed by atoms with E-state index in [1.807, 2.05) is 0 Å². The topological polar surface area (TPSA) is 50.8 Å². The number of alkyl halides is 2. The molecular formula is C19H26F2N2O3. The normalized spacial score (nSPS) is 15.4. The molecule has 0 spiro atoms. The van der Waals surface area contributed by atoms with Gasteiger partial charge in [0.2, 0.25) is 5.91 Å². The maximum atomic E-state index is 12.3. The number of piperidine rings is 1. The first-order chi connectivity index (χ1) is 12.6. The minimum atomic E-state index is -2.92. The molecule has 1 amide bonds. The van der Waals surface area contributed by atoms with Crippen LogP contribution < -0.4 is 14.8 Å². The summed E-state index contributed by atoms with van der Waals surface area (Å²) >= 11 is 0. The van der Waals surface area contributed by atoms with Gasteiger partial charge in [0.15, 0.2) is 11.5 Å². The number of rotatable bonds is 9. The summed E-state index contributed by atoms with van der Waals surface area (Å²) < 4.78 is 34.0. The van der Waals surface area contributed by atoms with E-state index in [1.54, 1.807) is 12.1 Å². The highest BCUT2D eigenvalue weighted by molar-refractivity contribution is 5.91. The number of likely N-dealkylation sites (tertiary alicyclic amines) is 1. The second-order valence-corrected chi connectivity index (χ2v) is 6.17. The highest BCUT2D eigenvalue weighted by Crippen LogP contribution is 2.29. The summed E-state index contributed by atoms with van der Waals surface area (Å²) in [7, 11) is 1.37. The average molecular weight is 368 g/mol. The summed E-state index contributed by atoms with van der Waals surface area (Å²) in [6, 6.07) is 4.51. The molecule has 0 aliphatic carbocycles. The standard InChI is InChI=1S/C19H26F2N2O3/c1-25-17-14-15(6-8-16(17)26-19(20)21)7-9-18(24)22-10-5-13-23-11-3-2-4-12-23/h6-9,14,19H,2-5,10-13H2,1H3,(H,22,24)/b9-7+. The molecule has 1 fully saturated rings. The molecule has 144 valence electrons. The van der Waals surface area contributed by atoms with Gasteiger partial charge in [-0.15, -0.1) is 0 Å². The Labute approximate surface area is 153 Å². The van der Waals surface area contributed by atoms with Crippen LogP contribution in [-0.4, -0.2) is 50.7 Å². The van der Waals surface area contributed by atoms with E-state index in [1.165, 1.54) is 44.6 Å². The van der Waals surface area contributed by atoms with Crippen molar-refractivity contribution in [3.05, 3.63) is 29.8 Å². The van der Waals surface area contributed by atoms with E-state index in [9.17, 15) is 13.6 Å². The maximum Gasteiger partial charge on any atom is 0.387 e. The molecule has 0 radical (unpaired) electrons. The lowest BCUT2D eigenvalue weighted by molar-refractivity contribution is -0.116. The van der Waals surface area contributed by atoms with Gasteiger partial charge >= 0.3 is 6.61 Å². The number of methoxy groups -OCH3 is 1. The molecule has 0 saturated carbocycles. The Morgan fingerprint density at radius 2 is 2.04 bits per heavy atom. The second kappa shape index (κ2) is 10.8. The third-order valence-electron chi connectivity index (χ3n) is 4.23. The molecule has 0 unspecified atom stereocenters. The van der Waals surface area contributed by atoms with Crippen LogP contribution in [0.5, 0.6) is 11.5 Å². The number of nitrogens with zero attached hydrogens (tertiary/aromatic N) is 1. The molecule has 1 aliphatic rings. The Bertz CT molecular complexity index is 602. The molecule has 0 aromatic heterocycles. The lowest BCUT2D eigenvalue weighted by Crippen LogP contribution is -2.33. The molecule has 2 rings (SSSR count). The van der Waals surface area contributed by atoms with Crippen molar-refractivity contribution in [1.82, 2.24) is 10.2 Å². The molecule has 1 aromatic carbocycles. The summed E-state index contributed by atoms with van der Waals surface area (Å²) in [5.41, 5.74) is 0.659. The number of nitrogens with one attached hydrogen (secondary N) is 1. The van der Waals surface area contributed by atoms with Crippen LogP contribution in [0.2, 0.25) is 0 Å². The fourth-order valence-corrected chi connectivity index (χ4v) is 2.91. The molecule has 1 aliphatic heterocycles. The molecule has 1 N–H and O–H groups in total. The van der Waals surface area contributed by atoms with E-state index in [0.29, 0.717) is 12.1 Å². The minimum Gasteiger partial charge on any atom is -0.493 e. The van der Waals surface area contributed by atoms with Gasteiger partial charge in [0.25, 0.3) is 0 Å². The van der Waals surface area contributed by atoms with Crippen molar-refractivity contribution in [1.29, 1.82) is 0 Å². The number of carbonyl (C=O) groups excluding carboxylic acids is 1. The first-order valence-electron chi connectivity index (χ1n) is 8.89. The molecule has 0 atom stereocenters. The average Bonchev–Trinajstić information content (AvgIpc) is 2.65. The van der Waals surface area contributed by atoms with Gasteiger partial charge in [-0.1, -0.05) is 12.5 Å². The molecule has 0 bridgehead atoms. The summed E-state index contributed by atoms with van der Waals surface area (Å²) in [5.74, 6) is -0.0354. The first-order valence-corrected chi connectivity index (χ1v) is 8.89. The van der Waals surface area contributed by atoms with Gasteiger partial charge in [-0.25, -0.2) is 0 Å². The number of amides is 1. The predicted octanol–water partition coefficient (Wildman–Crippen LogP) is 3.30. The summed E-state index contributed by atoms with van der Waals surface area (Å²) in [5, 5.41) is 2.85. The first kappa shape index (κ1) is 20.2. The number of halogens is 2. The number of hydrogen-bond acceptors (Lipinski definition) is 4. The number of hydrogen-bond donors (Lipinski definition) is 1. The number of ether oxygens (including phenoxy) is 2. The Kier molecular flexibility index (Phi) is 8.34. The predicted molar refractivity (Wildman–Crippen MR) is 96.6 cm³/mol. The fraction of sp³-hybridized carbons (Fsp3) is 0.526. The van der Waals surface area contributed by atoms with Crippen molar-refractivity contribution in [3.63, 3.8) is 0 Å². The van der Waals surface area contributed by atoms with Gasteiger partial charge in [0, 0.05) is 12.6 Å². The minimum absolute atomic E-state index is 0.0400. The summed E-state index contributed by atoms with van der Waals surface area (Å²) in [6.45, 7) is 1.03. The SMILES string of the molecule is COc1cc(/C=C/C(=O)NCCCN2CCCCC2)ccc1OC(F)F. The van der Waals surface area contributed by atoms with Gasteiger partial charge in [-0.3, -0.25) is 4.79 Å². The zero-order valence-corrected chi connectivity index (χ0v) is 15.0. The van der Waals surface area contributed by atoms with E-state index in [4.69, 9.17) is 4.74 Å². The molecule has 26 heavy (non-hydrogen) atoms. The van der Waals surface area contributed by atoms with Crippen molar-refractivity contribution >= 4 is 12.0 Å². The quantitative estimate of drug-likeness (QED) is 0.537. The highest BCUT2D eigenvalue weighted by atomic mass is 19.3. The zero-order valence-electron chi connectivity index (χ0n) is 15.0. The van der Waals surface area contributed by atoms with Crippen molar-refractivity contribution in [2.24, 2.45) is 0 Å². The Balaban J connectivity index is 1.76. The van der Waals surface area contributed by atoms with Crippen LogP contribution in [0, 0.1) is 0 Å². The van der Waals surface area contributed by atoms with Crippen molar-refractivity contribution in [2.45, 2.75) is 32.3 Å². The van der Waals surface area contributed by atoms with Crippen molar-refractivity contribution in [2.75, 3.05) is 33.3 Å². The molecule has 1 aromatic rings. The lowest BCUT2D eigenvalue weighted by Gasteiger charge is -2.26. The smallest absolute Gasteiger partial charge is 0.387 e. The maximum absolute atomic E-state index is 12.3. The van der Waals surface area contributed by atoms with Gasteiger partial charge in [-0.05, 0) is 62.7 Å². The van der Waals surface area contributed by atoms with Crippen LogP contribution in [-0.2, 0) is 4.79 Å². The summed E-state index contributed by atoms with van der Waals surface area (Å²) in [6.07, 6.45) is 7.79. The van der Waals surface area contributed by atoms with Crippen LogP contribution in [0.1, 0.15) is 31.2 Å². The fourth-order valence-electron chi connectivity index (χ4n) is 2.91. The van der Waals surface area contributed by atoms with Crippen LogP contribution in [0.15, 0.2) is 24.3 Å². The van der Waals surface area contributed by atoms with Gasteiger partial charge in [0.1, 0.15) is 0 Å². The van der Waals surface area contributed by atoms with Crippen LogP contribution in [0.25, 0.3) is 6.08 Å². The van der Waals surface area contributed by atoms with E-state index in [0.717, 1.165) is 26.1 Å². The summed E-state index contributed by atoms with van der Waals surface area (Å²) in [4.78, 5) is 14.3. The van der Waals surface area contributed by atoms with E-state index < -0.39 is 6.61 Å². The van der Waals surface area contributed by atoms with Crippen LogP contribution in [0.4, 0.5) is 8.78 Å². The Morgan fingerprint density at radius 1 is 1.27 bits per heavy atom. The molecule has 1 saturated heterocycles. The van der Waals surface area contributed by atoms with Gasteiger partial charge < -0.3 is 19.7 Å². The second-order valence-electron chi connectivity index (χ2n) is 6.17. The monoisotopic (exact) mass is 368 g/mol. The Morgan fingerprint density at radius 3 is 2.73 bits per heavy atom. The molecule has 1 heterocycles. The third kappa shape index (κ3) is 7.00. The number of benzene rings is 1. The van der Waals surface area contributed by atoms with E-state index in [-0.39, 0.29) is 17.4 Å². The van der Waals surface area contributed by atoms with Crippen LogP contribution >= 0.6 is 0 Å². The molecular weight excluding hydrogens is 342 g/mol. The van der Waals surface area contributed by atoms with Gasteiger partial charge in [0.05, 0.1) is 7.11 Å². The van der Waals surface area contributed by atoms with Gasteiger partial charge in [-0.2, -0.15) is 8.78 Å². The van der Waals surface area contributed by atoms with Crippen LogP contribution in [0.3, 0.4) is 0 Å². The van der Waals surface area contributed by atoms with Crippen molar-refractivity contribution < 1.29 is 23.0 Å². The van der Waals surface area contributed by atoms with E-state index >= 15 is 0 Å². The number of carbonyl (C=O) groups is 1.